The Balaban J connectivity index is 2.50. The maximum absolute atomic E-state index is 12.0. The van der Waals surface area contributed by atoms with Gasteiger partial charge in [0.15, 0.2) is 0 Å². The molecule has 2 atom stereocenters. The Hall–Kier alpha value is -0.770. The van der Waals surface area contributed by atoms with Crippen molar-refractivity contribution < 1.29 is 9.53 Å². The highest BCUT2D eigenvalue weighted by atomic mass is 16.6. The largest absolute Gasteiger partial charge is 0.444 e. The molecule has 18 heavy (non-hydrogen) atoms. The summed E-state index contributed by atoms with van der Waals surface area (Å²) < 4.78 is 5.43. The molecule has 0 aliphatic carbocycles. The van der Waals surface area contributed by atoms with Crippen LogP contribution in [0.3, 0.4) is 0 Å². The van der Waals surface area contributed by atoms with Gasteiger partial charge in [-0.15, -0.1) is 0 Å². The Morgan fingerprint density at radius 1 is 1.50 bits per heavy atom. The SMILES string of the molecule is CCN[C@H](C)[C@H]1CCCN(C(=O)OC(C)(C)C)C1. The number of nitrogens with zero attached hydrogens (tertiary/aromatic N) is 1. The summed E-state index contributed by atoms with van der Waals surface area (Å²) in [6.45, 7) is 12.7. The van der Waals surface area contributed by atoms with Gasteiger partial charge in [-0.25, -0.2) is 4.79 Å². The highest BCUT2D eigenvalue weighted by molar-refractivity contribution is 5.68. The molecule has 0 aromatic rings. The summed E-state index contributed by atoms with van der Waals surface area (Å²) in [5.74, 6) is 0.534. The number of nitrogens with one attached hydrogen (secondary N) is 1. The number of ether oxygens (including phenoxy) is 1. The van der Waals surface area contributed by atoms with Gasteiger partial charge in [0.05, 0.1) is 0 Å². The predicted octanol–water partition coefficient (Wildman–Crippen LogP) is 2.63. The number of likely N-dealkylation sites (tertiary alicyclic amines) is 1. The van der Waals surface area contributed by atoms with E-state index in [-0.39, 0.29) is 6.09 Å². The fraction of sp³-hybridized carbons (Fsp3) is 0.929. The second kappa shape index (κ2) is 6.41. The second-order valence-electron chi connectivity index (χ2n) is 6.18. The molecule has 0 saturated carbocycles. The third kappa shape index (κ3) is 4.84. The van der Waals surface area contributed by atoms with E-state index >= 15 is 0 Å². The summed E-state index contributed by atoms with van der Waals surface area (Å²) in [6.07, 6.45) is 2.09. The molecule has 1 heterocycles. The van der Waals surface area contributed by atoms with E-state index in [1.807, 2.05) is 25.7 Å². The molecule has 1 saturated heterocycles. The molecule has 1 amide bonds. The molecule has 1 aliphatic heterocycles. The first-order valence-electron chi connectivity index (χ1n) is 7.04. The lowest BCUT2D eigenvalue weighted by Gasteiger charge is -2.36. The minimum absolute atomic E-state index is 0.170. The monoisotopic (exact) mass is 256 g/mol. The van der Waals surface area contributed by atoms with Crippen LogP contribution < -0.4 is 5.32 Å². The molecule has 4 nitrogen and oxygen atoms in total. The van der Waals surface area contributed by atoms with Crippen molar-refractivity contribution in [2.24, 2.45) is 5.92 Å². The first-order valence-corrected chi connectivity index (χ1v) is 7.04. The van der Waals surface area contributed by atoms with E-state index in [1.54, 1.807) is 0 Å². The van der Waals surface area contributed by atoms with Crippen molar-refractivity contribution in [2.45, 2.75) is 59.1 Å². The zero-order valence-electron chi connectivity index (χ0n) is 12.5. The quantitative estimate of drug-likeness (QED) is 0.844. The first-order chi connectivity index (χ1) is 8.33. The van der Waals surface area contributed by atoms with Crippen molar-refractivity contribution in [3.05, 3.63) is 0 Å². The lowest BCUT2D eigenvalue weighted by atomic mass is 9.92. The van der Waals surface area contributed by atoms with E-state index in [9.17, 15) is 4.79 Å². The Morgan fingerprint density at radius 2 is 2.17 bits per heavy atom. The molecule has 0 aromatic carbocycles. The van der Waals surface area contributed by atoms with Crippen molar-refractivity contribution in [3.63, 3.8) is 0 Å². The van der Waals surface area contributed by atoms with Gasteiger partial charge in [0.2, 0.25) is 0 Å². The number of rotatable bonds is 3. The van der Waals surface area contributed by atoms with Gasteiger partial charge >= 0.3 is 6.09 Å². The lowest BCUT2D eigenvalue weighted by molar-refractivity contribution is 0.0149. The molecule has 1 N–H and O–H groups in total. The normalized spacial score (nSPS) is 22.7. The van der Waals surface area contributed by atoms with Crippen molar-refractivity contribution in [1.82, 2.24) is 10.2 Å². The van der Waals surface area contributed by atoms with E-state index in [0.717, 1.165) is 26.1 Å². The molecule has 1 fully saturated rings. The zero-order chi connectivity index (χ0) is 13.8. The second-order valence-corrected chi connectivity index (χ2v) is 6.18. The van der Waals surface area contributed by atoms with E-state index < -0.39 is 5.60 Å². The van der Waals surface area contributed by atoms with Crippen molar-refractivity contribution in [2.75, 3.05) is 19.6 Å². The van der Waals surface area contributed by atoms with Crippen LogP contribution in [0.4, 0.5) is 4.79 Å². The van der Waals surface area contributed by atoms with Crippen molar-refractivity contribution >= 4 is 6.09 Å². The van der Waals surface area contributed by atoms with E-state index in [2.05, 4.69) is 19.2 Å². The summed E-state index contributed by atoms with van der Waals surface area (Å²) in [6, 6.07) is 0.459. The van der Waals surface area contributed by atoms with Gasteiger partial charge < -0.3 is 15.0 Å². The van der Waals surface area contributed by atoms with Crippen LogP contribution in [-0.2, 0) is 4.74 Å². The average Bonchev–Trinajstić information content (AvgIpc) is 2.27. The Kier molecular flexibility index (Phi) is 5.45. The summed E-state index contributed by atoms with van der Waals surface area (Å²) in [7, 11) is 0. The van der Waals surface area contributed by atoms with Crippen LogP contribution >= 0.6 is 0 Å². The topological polar surface area (TPSA) is 41.6 Å². The molecule has 0 radical (unpaired) electrons. The lowest BCUT2D eigenvalue weighted by Crippen LogP contribution is -2.47. The summed E-state index contributed by atoms with van der Waals surface area (Å²) in [5.41, 5.74) is -0.405. The van der Waals surface area contributed by atoms with Gasteiger partial charge in [-0.2, -0.15) is 0 Å². The predicted molar refractivity (Wildman–Crippen MR) is 73.7 cm³/mol. The zero-order valence-corrected chi connectivity index (χ0v) is 12.5. The number of amides is 1. The van der Waals surface area contributed by atoms with Crippen molar-refractivity contribution in [3.8, 4) is 0 Å². The molecule has 1 aliphatic rings. The highest BCUT2D eigenvalue weighted by Crippen LogP contribution is 2.21. The fourth-order valence-corrected chi connectivity index (χ4v) is 2.40. The maximum Gasteiger partial charge on any atom is 0.410 e. The molecular formula is C14H28N2O2. The van der Waals surface area contributed by atoms with E-state index in [4.69, 9.17) is 4.74 Å². The smallest absolute Gasteiger partial charge is 0.410 e. The molecule has 0 unspecified atom stereocenters. The summed E-state index contributed by atoms with van der Waals surface area (Å²) in [5, 5.41) is 3.44. The van der Waals surface area contributed by atoms with Gasteiger partial charge in [0.1, 0.15) is 5.60 Å². The minimum Gasteiger partial charge on any atom is -0.444 e. The minimum atomic E-state index is -0.405. The first kappa shape index (κ1) is 15.3. The van der Waals surface area contributed by atoms with Gasteiger partial charge in [-0.3, -0.25) is 0 Å². The van der Waals surface area contributed by atoms with Crippen LogP contribution in [0.1, 0.15) is 47.5 Å². The summed E-state index contributed by atoms with van der Waals surface area (Å²) >= 11 is 0. The Labute approximate surface area is 111 Å². The number of carbonyl (C=O) groups excluding carboxylic acids is 1. The van der Waals surface area contributed by atoms with Gasteiger partial charge in [-0.1, -0.05) is 6.92 Å². The molecule has 0 bridgehead atoms. The fourth-order valence-electron chi connectivity index (χ4n) is 2.40. The highest BCUT2D eigenvalue weighted by Gasteiger charge is 2.29. The number of carbonyl (C=O) groups is 1. The molecule has 106 valence electrons. The van der Waals surface area contributed by atoms with Crippen LogP contribution in [0.2, 0.25) is 0 Å². The van der Waals surface area contributed by atoms with Gasteiger partial charge in [0.25, 0.3) is 0 Å². The molecule has 1 rings (SSSR count). The molecule has 0 spiro atoms. The number of hydrogen-bond donors (Lipinski definition) is 1. The third-order valence-corrected chi connectivity index (χ3v) is 3.34. The van der Waals surface area contributed by atoms with Crippen LogP contribution in [0, 0.1) is 5.92 Å². The number of hydrogen-bond acceptors (Lipinski definition) is 3. The van der Waals surface area contributed by atoms with E-state index in [0.29, 0.717) is 12.0 Å². The van der Waals surface area contributed by atoms with Crippen LogP contribution in [0.15, 0.2) is 0 Å². The standard InChI is InChI=1S/C14H28N2O2/c1-6-15-11(2)12-8-7-9-16(10-12)13(17)18-14(3,4)5/h11-12,15H,6-10H2,1-5H3/t11-,12+/m1/s1. The molecule has 0 aromatic heterocycles. The molecule has 4 heteroatoms. The van der Waals surface area contributed by atoms with Crippen LogP contribution in [0.5, 0.6) is 0 Å². The third-order valence-electron chi connectivity index (χ3n) is 3.34. The van der Waals surface area contributed by atoms with Crippen LogP contribution in [-0.4, -0.2) is 42.3 Å². The number of piperidine rings is 1. The Bertz CT molecular complexity index is 273. The van der Waals surface area contributed by atoms with Crippen molar-refractivity contribution in [1.29, 1.82) is 0 Å². The van der Waals surface area contributed by atoms with Gasteiger partial charge in [-0.05, 0) is 53.0 Å². The van der Waals surface area contributed by atoms with Crippen LogP contribution in [0.25, 0.3) is 0 Å². The maximum atomic E-state index is 12.0. The average molecular weight is 256 g/mol. The van der Waals surface area contributed by atoms with E-state index in [1.165, 1.54) is 6.42 Å². The Morgan fingerprint density at radius 3 is 2.72 bits per heavy atom. The molecular weight excluding hydrogens is 228 g/mol. The van der Waals surface area contributed by atoms with Gasteiger partial charge in [0, 0.05) is 19.1 Å². The summed E-state index contributed by atoms with van der Waals surface area (Å²) in [4.78, 5) is 13.9.